The summed E-state index contributed by atoms with van der Waals surface area (Å²) in [4.78, 5) is 0. The quantitative estimate of drug-likeness (QED) is 0.466. The summed E-state index contributed by atoms with van der Waals surface area (Å²) in [5.74, 6) is 0. The van der Waals surface area contributed by atoms with Gasteiger partial charge in [0.2, 0.25) is 13.3 Å². The second kappa shape index (κ2) is 12.5. The number of pyridine rings is 1. The van der Waals surface area contributed by atoms with Crippen molar-refractivity contribution in [1.82, 2.24) is 0 Å². The van der Waals surface area contributed by atoms with Crippen molar-refractivity contribution < 1.29 is 22.7 Å². The molecule has 0 unspecified atom stereocenters. The van der Waals surface area contributed by atoms with E-state index in [0.29, 0.717) is 0 Å². The molecule has 5 nitrogen and oxygen atoms in total. The highest BCUT2D eigenvalue weighted by atomic mass is 15.7. The van der Waals surface area contributed by atoms with Crippen molar-refractivity contribution >= 4 is 12.4 Å². The second-order valence-corrected chi connectivity index (χ2v) is 8.45. The number of nitrogens with zero attached hydrogens (tertiary/aromatic N) is 5. The molecule has 5 aliphatic rings. The average Bonchev–Trinajstić information content (AvgIpc) is 3.46. The van der Waals surface area contributed by atoms with Gasteiger partial charge in [-0.15, -0.1) is 0 Å². The summed E-state index contributed by atoms with van der Waals surface area (Å²) in [5.41, 5.74) is 0. The van der Waals surface area contributed by atoms with Crippen LogP contribution in [0, 0.1) is 0 Å². The Bertz CT molecular complexity index is 663. The fourth-order valence-electron chi connectivity index (χ4n) is 3.89. The molecule has 6 heterocycles. The van der Waals surface area contributed by atoms with Crippen LogP contribution >= 0.6 is 0 Å². The molecular weight excluding hydrogens is 358 g/mol. The van der Waals surface area contributed by atoms with Crippen LogP contribution in [0.4, 0.5) is 0 Å². The number of aromatic nitrogens is 1. The molecule has 1 aromatic rings. The van der Waals surface area contributed by atoms with E-state index in [9.17, 15) is 0 Å². The Morgan fingerprint density at radius 3 is 1.21 bits per heavy atom. The highest BCUT2D eigenvalue weighted by Crippen LogP contribution is 2.31. The molecule has 0 aromatic carbocycles. The molecule has 0 radical (unpaired) electrons. The van der Waals surface area contributed by atoms with E-state index in [2.05, 4.69) is 60.2 Å². The molecule has 0 amide bonds. The van der Waals surface area contributed by atoms with Gasteiger partial charge in [0, 0.05) is 25.0 Å². The van der Waals surface area contributed by atoms with Crippen molar-refractivity contribution in [3.63, 3.8) is 0 Å². The topological polar surface area (TPSA) is 9.90 Å². The Kier molecular flexibility index (Phi) is 10.7. The van der Waals surface area contributed by atoms with Gasteiger partial charge >= 0.3 is 0 Å². The summed E-state index contributed by atoms with van der Waals surface area (Å²) in [5, 5.41) is 0. The van der Waals surface area contributed by atoms with E-state index in [0.717, 1.165) is 12.8 Å². The van der Waals surface area contributed by atoms with E-state index in [1.54, 1.807) is 0 Å². The molecule has 3 fully saturated rings. The maximum atomic E-state index is 2.35. The lowest BCUT2D eigenvalue weighted by molar-refractivity contribution is -1.20. The van der Waals surface area contributed by atoms with Crippen LogP contribution in [0.2, 0.25) is 0 Å². The van der Waals surface area contributed by atoms with Gasteiger partial charge in [-0.25, -0.2) is 22.7 Å². The molecule has 0 atom stereocenters. The minimum absolute atomic E-state index is 1.11. The fourth-order valence-corrected chi connectivity index (χ4v) is 3.89. The van der Waals surface area contributed by atoms with Gasteiger partial charge in [-0.05, 0) is 12.2 Å². The Labute approximate surface area is 179 Å². The van der Waals surface area contributed by atoms with Crippen molar-refractivity contribution in [3.8, 4) is 0 Å². The summed E-state index contributed by atoms with van der Waals surface area (Å²) in [6, 6.07) is 6.00. The Balaban J connectivity index is 0.000000189. The number of likely N-dealkylation sites (N-methyl/N-ethyl adjacent to an activating group) is 2. The number of allylic oxidation sites excluding steroid dienone is 2. The molecule has 0 N–H and O–H groups in total. The maximum Gasteiger partial charge on any atom is 0.216 e. The Hall–Kier alpha value is -2.11. The summed E-state index contributed by atoms with van der Waals surface area (Å²) in [7, 11) is 10.8. The molecule has 3 saturated heterocycles. The van der Waals surface area contributed by atoms with Gasteiger partial charge in [0.15, 0.2) is 24.8 Å². The number of quaternary nitrogens is 2. The van der Waals surface area contributed by atoms with E-state index >= 15 is 0 Å². The highest BCUT2D eigenvalue weighted by molar-refractivity contribution is 5.55. The average molecular weight is 403 g/mol. The zero-order valence-electron chi connectivity index (χ0n) is 19.8. The minimum atomic E-state index is 1.11. The van der Waals surface area contributed by atoms with E-state index in [-0.39, 0.29) is 0 Å². The molecule has 5 heteroatoms. The lowest BCUT2D eigenvalue weighted by atomic mass is 10.4. The van der Waals surface area contributed by atoms with Gasteiger partial charge in [0.05, 0.1) is 14.1 Å². The smallest absolute Gasteiger partial charge is 0.216 e. The summed E-state index contributed by atoms with van der Waals surface area (Å²) in [6.07, 6.45) is 18.8. The molecule has 0 saturated carbocycles. The van der Waals surface area contributed by atoms with Gasteiger partial charge in [-0.3, -0.25) is 0 Å². The molecule has 29 heavy (non-hydrogen) atoms. The Morgan fingerprint density at radius 1 is 0.655 bits per heavy atom. The SMILES string of the molecule is CC.C[N+]12CC[N+](C)(C1)C2.C[N+]1=CCC=C1.C[N+]1=CCC=C1.C[n+]1ccccc1. The van der Waals surface area contributed by atoms with Crippen molar-refractivity contribution in [1.29, 1.82) is 0 Å². The van der Waals surface area contributed by atoms with Crippen LogP contribution < -0.4 is 4.57 Å². The van der Waals surface area contributed by atoms with Crippen molar-refractivity contribution in [2.45, 2.75) is 26.7 Å². The standard InChI is InChI=1S/C6H14N2.C6H8N.2C5H8N.C2H6/c1-7-3-4-8(2,5-7)6-7;1-7-5-3-2-4-6-7;2*1-6-4-2-3-5-6;1-2/h3-6H2,1-2H3;2-6H,1H3;2*2,4-5H,3H2,1H3;1-2H3/q+2;3*+1;. The maximum absolute atomic E-state index is 2.35. The molecule has 5 aliphatic heterocycles. The first kappa shape index (κ1) is 24.9. The fraction of sp³-hybridized carbons (Fsp3) is 0.542. The van der Waals surface area contributed by atoms with Crippen LogP contribution in [0.1, 0.15) is 26.7 Å². The predicted molar refractivity (Wildman–Crippen MR) is 123 cm³/mol. The monoisotopic (exact) mass is 402 g/mol. The molecule has 1 aromatic heterocycles. The van der Waals surface area contributed by atoms with Crippen LogP contribution in [0.15, 0.2) is 55.1 Å². The van der Waals surface area contributed by atoms with Crippen molar-refractivity contribution in [2.24, 2.45) is 7.05 Å². The third kappa shape index (κ3) is 9.77. The number of aryl methyl sites for hydroxylation is 1. The summed E-state index contributed by atoms with van der Waals surface area (Å²) < 4.78 is 8.80. The lowest BCUT2D eigenvalue weighted by Crippen LogP contribution is -2.66. The van der Waals surface area contributed by atoms with E-state index < -0.39 is 0 Å². The van der Waals surface area contributed by atoms with Crippen LogP contribution in [0.3, 0.4) is 0 Å². The molecule has 0 aliphatic carbocycles. The largest absolute Gasteiger partial charge is 0.229 e. The van der Waals surface area contributed by atoms with Crippen LogP contribution in [-0.4, -0.2) is 85.2 Å². The first-order chi connectivity index (χ1) is 13.8. The summed E-state index contributed by atoms with van der Waals surface area (Å²) in [6.45, 7) is 9.60. The predicted octanol–water partition coefficient (Wildman–Crippen LogP) is 2.59. The van der Waals surface area contributed by atoms with Gasteiger partial charge in [0.1, 0.15) is 46.7 Å². The van der Waals surface area contributed by atoms with Crippen LogP contribution in [0.5, 0.6) is 0 Å². The molecule has 2 bridgehead atoms. The van der Waals surface area contributed by atoms with Crippen LogP contribution in [-0.2, 0) is 7.05 Å². The first-order valence-corrected chi connectivity index (χ1v) is 10.8. The molecule has 0 spiro atoms. The number of rotatable bonds is 0. The third-order valence-corrected chi connectivity index (χ3v) is 5.15. The van der Waals surface area contributed by atoms with Crippen molar-refractivity contribution in [2.75, 3.05) is 54.6 Å². The molecular formula is C24H44N5+5. The normalized spacial score (nSPS) is 26.7. The first-order valence-electron chi connectivity index (χ1n) is 10.8. The summed E-state index contributed by atoms with van der Waals surface area (Å²) >= 11 is 0. The van der Waals surface area contributed by atoms with Gasteiger partial charge in [-0.2, -0.15) is 0 Å². The van der Waals surface area contributed by atoms with Gasteiger partial charge in [-0.1, -0.05) is 19.9 Å². The van der Waals surface area contributed by atoms with E-state index in [1.807, 2.05) is 70.2 Å². The lowest BCUT2D eigenvalue weighted by Gasteiger charge is -2.42. The van der Waals surface area contributed by atoms with Gasteiger partial charge in [0.25, 0.3) is 0 Å². The van der Waals surface area contributed by atoms with Gasteiger partial charge < -0.3 is 0 Å². The highest BCUT2D eigenvalue weighted by Gasteiger charge is 2.57. The van der Waals surface area contributed by atoms with Crippen LogP contribution in [0.25, 0.3) is 0 Å². The number of hydrogen-bond donors (Lipinski definition) is 0. The van der Waals surface area contributed by atoms with E-state index in [4.69, 9.17) is 0 Å². The number of hydrogen-bond acceptors (Lipinski definition) is 0. The third-order valence-electron chi connectivity index (χ3n) is 5.15. The Morgan fingerprint density at radius 2 is 1.07 bits per heavy atom. The second-order valence-electron chi connectivity index (χ2n) is 8.45. The molecule has 160 valence electrons. The zero-order chi connectivity index (χ0) is 21.8. The van der Waals surface area contributed by atoms with Crippen molar-refractivity contribution in [3.05, 3.63) is 55.1 Å². The van der Waals surface area contributed by atoms with E-state index in [1.165, 1.54) is 35.4 Å². The zero-order valence-corrected chi connectivity index (χ0v) is 19.8. The molecule has 6 rings (SSSR count). The minimum Gasteiger partial charge on any atom is -0.229 e. The number of fused-ring (bicyclic) bond motifs is 1.